The van der Waals surface area contributed by atoms with E-state index < -0.39 is 0 Å². The lowest BCUT2D eigenvalue weighted by molar-refractivity contribution is -0.905. The van der Waals surface area contributed by atoms with Crippen LogP contribution in [0.1, 0.15) is 44.2 Å². The Balaban J connectivity index is 0.000000755. The first-order valence-corrected chi connectivity index (χ1v) is 10.3. The van der Waals surface area contributed by atoms with Crippen LogP contribution in [-0.4, -0.2) is 44.6 Å². The minimum Gasteiger partial charge on any atom is -0.397 e. The second-order valence-corrected chi connectivity index (χ2v) is 7.07. The molecule has 0 radical (unpaired) electrons. The highest BCUT2D eigenvalue weighted by Crippen LogP contribution is 2.24. The Bertz CT molecular complexity index is 921. The van der Waals surface area contributed by atoms with Crippen LogP contribution < -0.4 is 14.9 Å². The zero-order valence-corrected chi connectivity index (χ0v) is 17.3. The average molecular weight is 400 g/mol. The van der Waals surface area contributed by atoms with Gasteiger partial charge in [-0.25, -0.2) is 4.98 Å². The molecule has 29 heavy (non-hydrogen) atoms. The van der Waals surface area contributed by atoms with E-state index in [4.69, 9.17) is 10.1 Å². The first kappa shape index (κ1) is 20.9. The van der Waals surface area contributed by atoms with Crippen LogP contribution >= 0.6 is 0 Å². The number of aryl methyl sites for hydroxylation is 1. The minimum absolute atomic E-state index is 0.250. The molecule has 0 amide bonds. The number of fused-ring (bicyclic) bond motifs is 1. The zero-order valence-electron chi connectivity index (χ0n) is 17.3. The Hall–Kier alpha value is -2.87. The summed E-state index contributed by atoms with van der Waals surface area (Å²) in [6, 6.07) is 5.88. The van der Waals surface area contributed by atoms with Gasteiger partial charge in [0.05, 0.1) is 6.20 Å². The summed E-state index contributed by atoms with van der Waals surface area (Å²) in [5.41, 5.74) is 3.06. The van der Waals surface area contributed by atoms with Crippen molar-refractivity contribution in [1.82, 2.24) is 14.6 Å². The number of piperidine rings is 1. The molecule has 4 rings (SSSR count). The lowest BCUT2D eigenvalue weighted by atomic mass is 10.1. The second-order valence-electron chi connectivity index (χ2n) is 7.07. The number of anilines is 2. The van der Waals surface area contributed by atoms with Gasteiger partial charge in [-0.15, -0.1) is 0 Å². The molecule has 1 fully saturated rings. The average Bonchev–Trinajstić information content (AvgIpc) is 3.16. The van der Waals surface area contributed by atoms with Gasteiger partial charge < -0.3 is 15.3 Å². The minimum atomic E-state index is 0.250. The highest BCUT2D eigenvalue weighted by atomic mass is 16.5. The summed E-state index contributed by atoms with van der Waals surface area (Å²) < 4.78 is 2.95. The van der Waals surface area contributed by atoms with E-state index in [1.54, 1.807) is 19.3 Å². The molecule has 4 heterocycles. The summed E-state index contributed by atoms with van der Waals surface area (Å²) in [5, 5.41) is 25.1. The van der Waals surface area contributed by atoms with Gasteiger partial charge in [-0.1, -0.05) is 6.92 Å². The maximum absolute atomic E-state index is 9.59. The van der Waals surface area contributed by atoms with Crippen LogP contribution in [0.4, 0.5) is 11.6 Å². The molecule has 8 heteroatoms. The Labute approximate surface area is 171 Å². The van der Waals surface area contributed by atoms with Crippen LogP contribution in [-0.2, 0) is 13.0 Å². The third-order valence-corrected chi connectivity index (χ3v) is 4.91. The Morgan fingerprint density at radius 1 is 1.21 bits per heavy atom. The normalized spacial score (nSPS) is 13.8. The highest BCUT2D eigenvalue weighted by molar-refractivity contribution is 5.61. The molecule has 0 atom stereocenters. The van der Waals surface area contributed by atoms with E-state index in [1.165, 1.54) is 19.3 Å². The molecular weight excluding hydrogens is 368 g/mol. The number of pyridine rings is 1. The Morgan fingerprint density at radius 3 is 2.66 bits per heavy atom. The zero-order chi connectivity index (χ0) is 20.6. The van der Waals surface area contributed by atoms with E-state index in [2.05, 4.69) is 28.3 Å². The number of nitrogens with one attached hydrogen (secondary N) is 1. The molecular formula is C21H31N6O2+. The smallest absolute Gasteiger partial charge is 0.227 e. The molecule has 0 spiro atoms. The number of rotatable bonds is 5. The van der Waals surface area contributed by atoms with Crippen LogP contribution in [0, 0.1) is 0 Å². The van der Waals surface area contributed by atoms with E-state index in [0.717, 1.165) is 52.7 Å². The van der Waals surface area contributed by atoms with Gasteiger partial charge in [-0.05, 0) is 38.7 Å². The molecule has 156 valence electrons. The largest absolute Gasteiger partial charge is 0.397 e. The molecule has 0 unspecified atom stereocenters. The third kappa shape index (κ3) is 5.14. The fourth-order valence-electron chi connectivity index (χ4n) is 3.46. The summed E-state index contributed by atoms with van der Waals surface area (Å²) in [6.45, 7) is 6.77. The molecule has 1 saturated heterocycles. The molecule has 0 aromatic carbocycles. The predicted molar refractivity (Wildman–Crippen MR) is 112 cm³/mol. The van der Waals surface area contributed by atoms with Gasteiger partial charge in [0.15, 0.2) is 5.65 Å². The molecule has 3 aromatic heterocycles. The fourth-order valence-corrected chi connectivity index (χ4v) is 3.46. The summed E-state index contributed by atoms with van der Waals surface area (Å²) in [6.07, 6.45) is 9.83. The van der Waals surface area contributed by atoms with Gasteiger partial charge in [0.1, 0.15) is 11.6 Å². The van der Waals surface area contributed by atoms with Crippen molar-refractivity contribution in [2.75, 3.05) is 29.9 Å². The molecule has 1 aliphatic heterocycles. The molecule has 3 aromatic rings. The van der Waals surface area contributed by atoms with Crippen LogP contribution in [0.25, 0.3) is 5.65 Å². The number of nitrogens with zero attached hydrogens (tertiary/aromatic N) is 5. The van der Waals surface area contributed by atoms with Crippen molar-refractivity contribution in [2.45, 2.75) is 46.1 Å². The number of aliphatic hydroxyl groups excluding tert-OH is 1. The van der Waals surface area contributed by atoms with Crippen molar-refractivity contribution in [1.29, 1.82) is 0 Å². The fraction of sp³-hybridized carbons (Fsp3) is 0.476. The van der Waals surface area contributed by atoms with Gasteiger partial charge >= 0.3 is 0 Å². The first-order valence-electron chi connectivity index (χ1n) is 10.3. The maximum Gasteiger partial charge on any atom is 0.227 e. The summed E-state index contributed by atoms with van der Waals surface area (Å²) in [7, 11) is 0. The topological polar surface area (TPSA) is 89.8 Å². The van der Waals surface area contributed by atoms with Crippen molar-refractivity contribution >= 4 is 17.3 Å². The number of aromatic nitrogens is 4. The maximum atomic E-state index is 9.59. The van der Waals surface area contributed by atoms with Crippen molar-refractivity contribution in [2.24, 2.45) is 0 Å². The van der Waals surface area contributed by atoms with Gasteiger partial charge in [0, 0.05) is 54.2 Å². The van der Waals surface area contributed by atoms with Crippen molar-refractivity contribution in [3.8, 4) is 0 Å². The van der Waals surface area contributed by atoms with Gasteiger partial charge in [0.2, 0.25) is 12.4 Å². The Morgan fingerprint density at radius 2 is 1.97 bits per heavy atom. The van der Waals surface area contributed by atoms with Crippen LogP contribution in [0.3, 0.4) is 0 Å². The SMILES string of the molecule is CCO.CCc1cnn2c(NCc3ccc[n+](O)c3)cc(N3CCCCC3)nc12. The van der Waals surface area contributed by atoms with Crippen LogP contribution in [0.15, 0.2) is 36.8 Å². The van der Waals surface area contributed by atoms with E-state index >= 15 is 0 Å². The van der Waals surface area contributed by atoms with E-state index in [0.29, 0.717) is 6.54 Å². The molecule has 1 aliphatic rings. The summed E-state index contributed by atoms with van der Waals surface area (Å²) in [4.78, 5) is 7.27. The molecule has 0 bridgehead atoms. The third-order valence-electron chi connectivity index (χ3n) is 4.91. The molecule has 3 N–H and O–H groups in total. The Kier molecular flexibility index (Phi) is 7.24. The number of hydrogen-bond acceptors (Lipinski definition) is 6. The van der Waals surface area contributed by atoms with Crippen LogP contribution in [0.2, 0.25) is 0 Å². The number of aliphatic hydroxyl groups is 1. The van der Waals surface area contributed by atoms with Gasteiger partial charge in [-0.2, -0.15) is 9.61 Å². The lowest BCUT2D eigenvalue weighted by Crippen LogP contribution is -2.30. The van der Waals surface area contributed by atoms with Crippen molar-refractivity contribution < 1.29 is 15.0 Å². The van der Waals surface area contributed by atoms with E-state index in [1.807, 2.05) is 22.8 Å². The lowest BCUT2D eigenvalue weighted by Gasteiger charge is -2.28. The summed E-state index contributed by atoms with van der Waals surface area (Å²) in [5.74, 6) is 1.93. The quantitative estimate of drug-likeness (QED) is 0.451. The van der Waals surface area contributed by atoms with Gasteiger partial charge in [0.25, 0.3) is 0 Å². The van der Waals surface area contributed by atoms with Gasteiger partial charge in [-0.3, -0.25) is 5.21 Å². The molecule has 0 aliphatic carbocycles. The number of hydrogen-bond donors (Lipinski definition) is 3. The molecule has 8 nitrogen and oxygen atoms in total. The van der Waals surface area contributed by atoms with Crippen molar-refractivity contribution in [3.63, 3.8) is 0 Å². The van der Waals surface area contributed by atoms with Crippen LogP contribution in [0.5, 0.6) is 0 Å². The van der Waals surface area contributed by atoms with Crippen molar-refractivity contribution in [3.05, 3.63) is 47.9 Å². The van der Waals surface area contributed by atoms with E-state index in [-0.39, 0.29) is 6.61 Å². The highest BCUT2D eigenvalue weighted by Gasteiger charge is 2.17. The monoisotopic (exact) mass is 399 g/mol. The van der Waals surface area contributed by atoms with E-state index in [9.17, 15) is 5.21 Å². The second kappa shape index (κ2) is 10.1. The first-order chi connectivity index (χ1) is 14.2. The molecule has 0 saturated carbocycles. The summed E-state index contributed by atoms with van der Waals surface area (Å²) >= 11 is 0. The predicted octanol–water partition coefficient (Wildman–Crippen LogP) is 2.42. The standard InChI is InChI=1S/C19H25N6O.C2H6O/c1-2-16-13-21-25-17(20-12-15-7-6-10-24(26)14-15)11-18(22-19(16)25)23-8-4-3-5-9-23;1-2-3/h6-7,10-11,13-14,20,26H,2-5,8-9,12H2,1H3;3H,2H2,1H3/q+1;.